The molecule has 3 fully saturated rings. The lowest BCUT2D eigenvalue weighted by Crippen LogP contribution is -2.38. The number of rotatable bonds is 7. The quantitative estimate of drug-likeness (QED) is 0.243. The third kappa shape index (κ3) is 5.12. The van der Waals surface area contributed by atoms with Gasteiger partial charge in [0, 0.05) is 47.4 Å². The molecule has 2 aliphatic carbocycles. The fraction of sp³-hybridized carbons (Fsp3) is 0.394. The van der Waals surface area contributed by atoms with Gasteiger partial charge in [0.25, 0.3) is 0 Å². The second-order valence-electron chi connectivity index (χ2n) is 11.8. The SMILES string of the molecule is Cc1ccc2c(NC(=O)[C@H]3CC34CCCC4)cccc2c1Oc1ncccc1-c1ccnc(NC2CCCNC2)n1. The van der Waals surface area contributed by atoms with Gasteiger partial charge in [-0.2, -0.15) is 0 Å². The van der Waals surface area contributed by atoms with Crippen LogP contribution in [0.1, 0.15) is 50.5 Å². The Balaban J connectivity index is 1.17. The summed E-state index contributed by atoms with van der Waals surface area (Å²) in [6, 6.07) is 16.1. The fourth-order valence-electron chi connectivity index (χ4n) is 6.75. The van der Waals surface area contributed by atoms with Crippen LogP contribution in [-0.2, 0) is 4.79 Å². The van der Waals surface area contributed by atoms with E-state index in [4.69, 9.17) is 9.72 Å². The fourth-order valence-corrected chi connectivity index (χ4v) is 6.75. The standard InChI is InChI=1S/C33H36N6O2/c1-21-11-12-23-24(8-4-10-27(23)38-30(40)26-19-33(26)14-2-3-15-33)29(21)41-31-25(9-6-17-35-31)28-13-18-36-32(39-28)37-22-7-5-16-34-20-22/h4,6,8-13,17-18,22,26,34H,2-3,5,7,14-16,19-20H2,1H3,(H,38,40)(H,36,37,39)/t22?,26-/m1/s1. The Morgan fingerprint density at radius 2 is 1.90 bits per heavy atom. The van der Waals surface area contributed by atoms with E-state index in [-0.39, 0.29) is 17.2 Å². The second-order valence-corrected chi connectivity index (χ2v) is 11.8. The molecule has 1 spiro atoms. The Hall–Kier alpha value is -4.04. The first-order chi connectivity index (χ1) is 20.1. The van der Waals surface area contributed by atoms with Gasteiger partial charge in [-0.3, -0.25) is 4.79 Å². The summed E-state index contributed by atoms with van der Waals surface area (Å²) in [5, 5.41) is 12.0. The van der Waals surface area contributed by atoms with E-state index in [2.05, 4.69) is 32.0 Å². The number of nitrogens with one attached hydrogen (secondary N) is 3. The molecule has 7 rings (SSSR count). The number of aromatic nitrogens is 3. The van der Waals surface area contributed by atoms with Gasteiger partial charge >= 0.3 is 0 Å². The molecule has 1 aliphatic heterocycles. The van der Waals surface area contributed by atoms with Gasteiger partial charge in [0.1, 0.15) is 5.75 Å². The Labute approximate surface area is 240 Å². The van der Waals surface area contributed by atoms with Crippen LogP contribution in [0.3, 0.4) is 0 Å². The minimum atomic E-state index is 0.138. The van der Waals surface area contributed by atoms with Crippen molar-refractivity contribution in [2.24, 2.45) is 11.3 Å². The van der Waals surface area contributed by atoms with Crippen molar-refractivity contribution in [3.05, 3.63) is 66.5 Å². The minimum absolute atomic E-state index is 0.138. The Kier molecular flexibility index (Phi) is 6.79. The number of benzene rings is 2. The molecule has 2 atom stereocenters. The van der Waals surface area contributed by atoms with E-state index in [0.29, 0.717) is 17.9 Å². The van der Waals surface area contributed by atoms with Gasteiger partial charge < -0.3 is 20.7 Å². The van der Waals surface area contributed by atoms with Gasteiger partial charge in [0.05, 0.1) is 11.3 Å². The van der Waals surface area contributed by atoms with Crippen molar-refractivity contribution in [3.63, 3.8) is 0 Å². The zero-order chi connectivity index (χ0) is 27.8. The lowest BCUT2D eigenvalue weighted by atomic mass is 10.0. The van der Waals surface area contributed by atoms with Crippen LogP contribution in [0, 0.1) is 18.3 Å². The molecule has 1 unspecified atom stereocenters. The molecule has 4 aromatic rings. The van der Waals surface area contributed by atoms with Crippen LogP contribution >= 0.6 is 0 Å². The maximum absolute atomic E-state index is 13.2. The first-order valence-corrected chi connectivity index (χ1v) is 14.9. The minimum Gasteiger partial charge on any atom is -0.437 e. The molecule has 41 heavy (non-hydrogen) atoms. The van der Waals surface area contributed by atoms with Crippen molar-refractivity contribution in [1.29, 1.82) is 0 Å². The molecular weight excluding hydrogens is 512 g/mol. The number of fused-ring (bicyclic) bond motifs is 1. The molecule has 8 nitrogen and oxygen atoms in total. The van der Waals surface area contributed by atoms with Crippen molar-refractivity contribution >= 4 is 28.3 Å². The van der Waals surface area contributed by atoms with Crippen LogP contribution < -0.4 is 20.7 Å². The summed E-state index contributed by atoms with van der Waals surface area (Å²) in [5.74, 6) is 2.08. The van der Waals surface area contributed by atoms with Crippen molar-refractivity contribution in [1.82, 2.24) is 20.3 Å². The normalized spacial score (nSPS) is 21.1. The third-order valence-electron chi connectivity index (χ3n) is 9.10. The summed E-state index contributed by atoms with van der Waals surface area (Å²) in [6.07, 6.45) is 11.6. The number of ether oxygens (including phenoxy) is 1. The van der Waals surface area contributed by atoms with Crippen molar-refractivity contribution in [2.45, 2.75) is 57.9 Å². The van der Waals surface area contributed by atoms with E-state index in [1.165, 1.54) is 25.7 Å². The summed E-state index contributed by atoms with van der Waals surface area (Å²) in [5.41, 5.74) is 3.60. The molecule has 0 radical (unpaired) electrons. The van der Waals surface area contributed by atoms with Gasteiger partial charge in [0.2, 0.25) is 17.7 Å². The highest BCUT2D eigenvalue weighted by Gasteiger charge is 2.58. The molecule has 3 heterocycles. The van der Waals surface area contributed by atoms with Crippen molar-refractivity contribution in [3.8, 4) is 22.9 Å². The number of pyridine rings is 1. The monoisotopic (exact) mass is 548 g/mol. The maximum Gasteiger partial charge on any atom is 0.228 e. The van der Waals surface area contributed by atoms with Crippen LogP contribution in [0.2, 0.25) is 0 Å². The highest BCUT2D eigenvalue weighted by atomic mass is 16.5. The highest BCUT2D eigenvalue weighted by Crippen LogP contribution is 2.63. The number of anilines is 2. The Morgan fingerprint density at radius 3 is 2.76 bits per heavy atom. The molecule has 2 saturated carbocycles. The number of hydrogen-bond acceptors (Lipinski definition) is 7. The molecule has 210 valence electrons. The summed E-state index contributed by atoms with van der Waals surface area (Å²) in [6.45, 7) is 3.99. The number of hydrogen-bond donors (Lipinski definition) is 3. The molecule has 2 aromatic carbocycles. The topological polar surface area (TPSA) is 101 Å². The number of nitrogens with zero attached hydrogens (tertiary/aromatic N) is 3. The van der Waals surface area contributed by atoms with Gasteiger partial charge in [0.15, 0.2) is 0 Å². The average Bonchev–Trinajstić information content (AvgIpc) is 3.51. The summed E-state index contributed by atoms with van der Waals surface area (Å²) < 4.78 is 6.58. The Morgan fingerprint density at radius 1 is 1.00 bits per heavy atom. The lowest BCUT2D eigenvalue weighted by molar-refractivity contribution is -0.118. The highest BCUT2D eigenvalue weighted by molar-refractivity contribution is 6.05. The summed E-state index contributed by atoms with van der Waals surface area (Å²) >= 11 is 0. The number of carbonyl (C=O) groups excluding carboxylic acids is 1. The molecular formula is C33H36N6O2. The van der Waals surface area contributed by atoms with E-state index in [1.54, 1.807) is 12.4 Å². The molecule has 1 saturated heterocycles. The van der Waals surface area contributed by atoms with E-state index >= 15 is 0 Å². The van der Waals surface area contributed by atoms with Crippen LogP contribution in [0.4, 0.5) is 11.6 Å². The van der Waals surface area contributed by atoms with E-state index in [1.807, 2.05) is 49.4 Å². The van der Waals surface area contributed by atoms with Crippen LogP contribution in [-0.4, -0.2) is 40.0 Å². The summed E-state index contributed by atoms with van der Waals surface area (Å²) in [7, 11) is 0. The van der Waals surface area contributed by atoms with E-state index in [9.17, 15) is 4.79 Å². The molecule has 0 bridgehead atoms. The molecule has 3 N–H and O–H groups in total. The molecule has 3 aliphatic rings. The number of carbonyl (C=O) groups is 1. The lowest BCUT2D eigenvalue weighted by Gasteiger charge is -2.23. The predicted molar refractivity (Wildman–Crippen MR) is 161 cm³/mol. The first kappa shape index (κ1) is 25.9. The first-order valence-electron chi connectivity index (χ1n) is 14.9. The summed E-state index contributed by atoms with van der Waals surface area (Å²) in [4.78, 5) is 27.1. The van der Waals surface area contributed by atoms with E-state index < -0.39 is 0 Å². The van der Waals surface area contributed by atoms with Crippen LogP contribution in [0.15, 0.2) is 60.9 Å². The molecule has 8 heteroatoms. The number of amides is 1. The van der Waals surface area contributed by atoms with Gasteiger partial charge in [-0.1, -0.05) is 37.1 Å². The number of aryl methyl sites for hydroxylation is 1. The third-order valence-corrected chi connectivity index (χ3v) is 9.10. The maximum atomic E-state index is 13.2. The molecule has 1 amide bonds. The number of piperidine rings is 1. The zero-order valence-electron chi connectivity index (χ0n) is 23.5. The van der Waals surface area contributed by atoms with Crippen molar-refractivity contribution < 1.29 is 9.53 Å². The average molecular weight is 549 g/mol. The zero-order valence-corrected chi connectivity index (χ0v) is 23.5. The molecule has 2 aromatic heterocycles. The predicted octanol–water partition coefficient (Wildman–Crippen LogP) is 6.48. The second kappa shape index (κ2) is 10.7. The largest absolute Gasteiger partial charge is 0.437 e. The van der Waals surface area contributed by atoms with Gasteiger partial charge in [-0.25, -0.2) is 15.0 Å². The van der Waals surface area contributed by atoms with Crippen LogP contribution in [0.25, 0.3) is 22.0 Å². The van der Waals surface area contributed by atoms with Gasteiger partial charge in [-0.15, -0.1) is 0 Å². The van der Waals surface area contributed by atoms with Gasteiger partial charge in [-0.05, 0) is 80.8 Å². The van der Waals surface area contributed by atoms with Crippen LogP contribution in [0.5, 0.6) is 11.6 Å². The smallest absolute Gasteiger partial charge is 0.228 e. The van der Waals surface area contributed by atoms with Crippen molar-refractivity contribution in [2.75, 3.05) is 23.7 Å². The van der Waals surface area contributed by atoms with E-state index in [0.717, 1.165) is 71.4 Å². The Bertz CT molecular complexity index is 1590.